The predicted molar refractivity (Wildman–Crippen MR) is 147 cm³/mol. The molecule has 0 bridgehead atoms. The summed E-state index contributed by atoms with van der Waals surface area (Å²) < 4.78 is 35.3. The molecule has 1 aliphatic heterocycles. The van der Waals surface area contributed by atoms with Crippen LogP contribution < -0.4 is 25.1 Å². The molecule has 0 atom stereocenters. The zero-order valence-electron chi connectivity index (χ0n) is 22.0. The lowest BCUT2D eigenvalue weighted by molar-refractivity contribution is 0.100. The first kappa shape index (κ1) is 25.2. The van der Waals surface area contributed by atoms with Crippen molar-refractivity contribution < 1.29 is 23.4 Å². The normalized spacial score (nSPS) is 13.5. The highest BCUT2D eigenvalue weighted by Gasteiger charge is 2.39. The Labute approximate surface area is 228 Å². The van der Waals surface area contributed by atoms with Crippen molar-refractivity contribution in [3.63, 3.8) is 0 Å². The second-order valence-electron chi connectivity index (χ2n) is 9.95. The van der Waals surface area contributed by atoms with Gasteiger partial charge in [-0.05, 0) is 56.3 Å². The summed E-state index contributed by atoms with van der Waals surface area (Å²) in [5.41, 5.74) is 0.0744. The molecule has 0 saturated heterocycles. The van der Waals surface area contributed by atoms with Crippen LogP contribution in [-0.4, -0.2) is 33.0 Å². The Bertz CT molecular complexity index is 1830. The summed E-state index contributed by atoms with van der Waals surface area (Å²) in [7, 11) is 1.56. The van der Waals surface area contributed by atoms with Crippen molar-refractivity contribution in [3.8, 4) is 28.8 Å². The van der Waals surface area contributed by atoms with E-state index >= 15 is 4.39 Å². The van der Waals surface area contributed by atoms with Gasteiger partial charge in [0.25, 0.3) is 11.5 Å². The van der Waals surface area contributed by atoms with E-state index in [1.54, 1.807) is 66.5 Å². The summed E-state index contributed by atoms with van der Waals surface area (Å²) in [6, 6.07) is 20.0. The van der Waals surface area contributed by atoms with Gasteiger partial charge in [-0.15, -0.1) is 0 Å². The first-order valence-electron chi connectivity index (χ1n) is 12.6. The van der Waals surface area contributed by atoms with Crippen molar-refractivity contribution in [1.82, 2.24) is 14.3 Å². The minimum absolute atomic E-state index is 0.0393. The predicted octanol–water partition coefficient (Wildman–Crippen LogP) is 5.55. The maximum atomic E-state index is 15.1. The van der Waals surface area contributed by atoms with E-state index < -0.39 is 22.9 Å². The van der Waals surface area contributed by atoms with Gasteiger partial charge < -0.3 is 19.5 Å². The van der Waals surface area contributed by atoms with Crippen LogP contribution >= 0.6 is 0 Å². The second-order valence-corrected chi connectivity index (χ2v) is 9.95. The fourth-order valence-corrected chi connectivity index (χ4v) is 4.74. The number of hydrogen-bond acceptors (Lipinski definition) is 6. The van der Waals surface area contributed by atoms with Crippen LogP contribution in [0.4, 0.5) is 10.1 Å². The van der Waals surface area contributed by atoms with Gasteiger partial charge >= 0.3 is 0 Å². The number of benzene rings is 3. The number of anilines is 1. The van der Waals surface area contributed by atoms with E-state index in [-0.39, 0.29) is 22.9 Å². The van der Waals surface area contributed by atoms with Crippen molar-refractivity contribution in [1.29, 1.82) is 0 Å². The quantitative estimate of drug-likeness (QED) is 0.303. The number of carbonyl (C=O) groups is 1. The Kier molecular flexibility index (Phi) is 6.02. The van der Waals surface area contributed by atoms with Crippen molar-refractivity contribution in [2.24, 2.45) is 0 Å². The summed E-state index contributed by atoms with van der Waals surface area (Å²) in [6.45, 7) is 4.12. The van der Waals surface area contributed by atoms with Crippen LogP contribution in [0.1, 0.15) is 24.2 Å². The monoisotopic (exact) mass is 540 g/mol. The van der Waals surface area contributed by atoms with Gasteiger partial charge in [-0.1, -0.05) is 18.2 Å². The van der Waals surface area contributed by atoms with E-state index in [0.717, 1.165) is 6.07 Å². The zero-order chi connectivity index (χ0) is 28.0. The highest BCUT2D eigenvalue weighted by molar-refractivity contribution is 6.06. The lowest BCUT2D eigenvalue weighted by Gasteiger charge is -2.17. The maximum Gasteiger partial charge on any atom is 0.288 e. The van der Waals surface area contributed by atoms with E-state index in [1.165, 1.54) is 16.8 Å². The molecule has 0 saturated carbocycles. The van der Waals surface area contributed by atoms with Crippen molar-refractivity contribution in [2.45, 2.75) is 26.0 Å². The molecule has 0 radical (unpaired) electrons. The number of amides is 1. The molecule has 0 fully saturated rings. The van der Waals surface area contributed by atoms with Crippen LogP contribution in [0.3, 0.4) is 0 Å². The van der Waals surface area contributed by atoms with Crippen molar-refractivity contribution in [2.75, 3.05) is 12.4 Å². The van der Waals surface area contributed by atoms with E-state index in [2.05, 4.69) is 10.3 Å². The fourth-order valence-electron chi connectivity index (χ4n) is 4.74. The van der Waals surface area contributed by atoms with Gasteiger partial charge in [-0.25, -0.2) is 13.8 Å². The van der Waals surface area contributed by atoms with Gasteiger partial charge in [0.2, 0.25) is 5.88 Å². The highest BCUT2D eigenvalue weighted by atomic mass is 19.1. The number of ether oxygens (including phenoxy) is 3. The summed E-state index contributed by atoms with van der Waals surface area (Å²) in [6.07, 6.45) is 1.56. The van der Waals surface area contributed by atoms with Gasteiger partial charge in [0, 0.05) is 29.4 Å². The Balaban J connectivity index is 1.28. The number of hydrogen-bond donors (Lipinski definition) is 1. The number of nitrogens with one attached hydrogen (secondary N) is 1. The number of rotatable bonds is 6. The molecule has 0 spiro atoms. The number of fused-ring (bicyclic) bond motifs is 2. The molecule has 5 aromatic rings. The van der Waals surface area contributed by atoms with Crippen LogP contribution in [0.15, 0.2) is 83.8 Å². The zero-order valence-corrected chi connectivity index (χ0v) is 22.0. The molecular formula is C30H25FN4O5. The molecule has 1 aliphatic rings. The molecule has 1 amide bonds. The number of para-hydroxylation sites is 1. The molecule has 202 valence electrons. The Morgan fingerprint density at radius 3 is 2.60 bits per heavy atom. The van der Waals surface area contributed by atoms with Crippen LogP contribution in [0.5, 0.6) is 23.1 Å². The van der Waals surface area contributed by atoms with Gasteiger partial charge in [0.05, 0.1) is 24.9 Å². The molecule has 0 aliphatic carbocycles. The Morgan fingerprint density at radius 1 is 1.05 bits per heavy atom. The Hall–Kier alpha value is -5.12. The number of halogens is 1. The molecular weight excluding hydrogens is 515 g/mol. The topological polar surface area (TPSA) is 96.6 Å². The average molecular weight is 541 g/mol. The summed E-state index contributed by atoms with van der Waals surface area (Å²) in [4.78, 5) is 31.1. The molecule has 6 rings (SSSR count). The highest BCUT2D eigenvalue weighted by Crippen LogP contribution is 2.35. The Morgan fingerprint density at radius 2 is 1.85 bits per heavy atom. The first-order valence-corrected chi connectivity index (χ1v) is 12.6. The summed E-state index contributed by atoms with van der Waals surface area (Å²) in [5, 5.41) is 3.31. The molecule has 0 unspecified atom stereocenters. The van der Waals surface area contributed by atoms with E-state index in [4.69, 9.17) is 14.2 Å². The van der Waals surface area contributed by atoms with Crippen molar-refractivity contribution in [3.05, 3.63) is 101 Å². The number of carbonyl (C=O) groups excluding carboxylic acids is 1. The second kappa shape index (κ2) is 9.57. The smallest absolute Gasteiger partial charge is 0.288 e. The van der Waals surface area contributed by atoms with Crippen LogP contribution in [0.2, 0.25) is 0 Å². The molecule has 2 aromatic heterocycles. The van der Waals surface area contributed by atoms with Gasteiger partial charge in [0.15, 0.2) is 17.1 Å². The fraction of sp³-hybridized carbons (Fsp3) is 0.167. The third-order valence-corrected chi connectivity index (χ3v) is 6.55. The van der Waals surface area contributed by atoms with Gasteiger partial charge in [0.1, 0.15) is 17.1 Å². The number of pyridine rings is 1. The molecule has 3 heterocycles. The third-order valence-electron chi connectivity index (χ3n) is 6.55. The number of methoxy groups -OCH3 is 1. The summed E-state index contributed by atoms with van der Waals surface area (Å²) in [5.74, 6) is -0.225. The SMILES string of the molecule is COc1ccc2c(Oc3ccc(NC(=O)c4c5n(n(-c6ccccc6)c4=O)CC(C)(C)O5)cc3F)ccnc2c1. The van der Waals surface area contributed by atoms with Gasteiger partial charge in [-0.3, -0.25) is 14.6 Å². The lowest BCUT2D eigenvalue weighted by Crippen LogP contribution is -2.33. The van der Waals surface area contributed by atoms with Crippen LogP contribution in [0.25, 0.3) is 16.6 Å². The molecule has 40 heavy (non-hydrogen) atoms. The minimum atomic E-state index is -0.705. The van der Waals surface area contributed by atoms with Crippen LogP contribution in [-0.2, 0) is 6.54 Å². The molecule has 10 heteroatoms. The summed E-state index contributed by atoms with van der Waals surface area (Å²) >= 11 is 0. The number of aromatic nitrogens is 3. The first-order chi connectivity index (χ1) is 19.2. The molecule has 3 aromatic carbocycles. The largest absolute Gasteiger partial charge is 0.497 e. The third kappa shape index (κ3) is 4.43. The van der Waals surface area contributed by atoms with Gasteiger partial charge in [-0.2, -0.15) is 0 Å². The lowest BCUT2D eigenvalue weighted by atomic mass is 10.1. The van der Waals surface area contributed by atoms with E-state index in [1.807, 2.05) is 19.9 Å². The van der Waals surface area contributed by atoms with E-state index in [9.17, 15) is 9.59 Å². The van der Waals surface area contributed by atoms with Crippen molar-refractivity contribution >= 4 is 22.5 Å². The number of nitrogens with zero attached hydrogens (tertiary/aromatic N) is 3. The molecule has 1 N–H and O–H groups in total. The minimum Gasteiger partial charge on any atom is -0.497 e. The standard InChI is InChI=1S/C30H25FN4O5/c1-30(2)17-34-29(40-30)26(28(37)35(34)19-7-5-4-6-8-19)27(36)33-18-9-12-25(22(31)15-18)39-24-13-14-32-23-16-20(38-3)10-11-21(23)24/h4-16H,17H2,1-3H3,(H,33,36). The average Bonchev–Trinajstić information content (AvgIpc) is 3.38. The molecule has 9 nitrogen and oxygen atoms in total. The van der Waals surface area contributed by atoms with Crippen LogP contribution in [0, 0.1) is 5.82 Å². The maximum absolute atomic E-state index is 15.1. The van der Waals surface area contributed by atoms with E-state index in [0.29, 0.717) is 34.6 Å².